The van der Waals surface area contributed by atoms with E-state index in [0.717, 1.165) is 66.4 Å². The number of hydrogen-bond acceptors (Lipinski definition) is 4. The molecule has 55 heavy (non-hydrogen) atoms. The SMILES string of the molecule is c1ccc(C2=NC(c3ccc4cc(-c5cccc6oc7ccc(-c8ccccc8)cc7c56)ccc4c3)NC(c3ccc4ccc5ccccc5c4c3)=N2)cc1. The Morgan fingerprint density at radius 3 is 1.96 bits per heavy atom. The Balaban J connectivity index is 0.978. The van der Waals surface area contributed by atoms with Crippen LogP contribution in [-0.4, -0.2) is 11.7 Å². The molecule has 0 aliphatic carbocycles. The average Bonchev–Trinajstić information content (AvgIpc) is 3.64. The van der Waals surface area contributed by atoms with Crippen LogP contribution >= 0.6 is 0 Å². The lowest BCUT2D eigenvalue weighted by Crippen LogP contribution is -2.33. The first-order valence-corrected chi connectivity index (χ1v) is 18.7. The second kappa shape index (κ2) is 12.7. The Bertz CT molecular complexity index is 3180. The van der Waals surface area contributed by atoms with Crippen molar-refractivity contribution in [2.75, 3.05) is 0 Å². The Morgan fingerprint density at radius 2 is 1.09 bits per heavy atom. The monoisotopic (exact) mass is 703 g/mol. The summed E-state index contributed by atoms with van der Waals surface area (Å²) in [5.41, 5.74) is 9.54. The summed E-state index contributed by atoms with van der Waals surface area (Å²) in [5.74, 6) is 1.52. The molecule has 0 saturated heterocycles. The lowest BCUT2D eigenvalue weighted by atomic mass is 9.95. The van der Waals surface area contributed by atoms with Crippen molar-refractivity contribution in [1.29, 1.82) is 0 Å². The summed E-state index contributed by atoms with van der Waals surface area (Å²) in [7, 11) is 0. The highest BCUT2D eigenvalue weighted by molar-refractivity contribution is 6.16. The number of furan rings is 1. The van der Waals surface area contributed by atoms with Gasteiger partial charge in [-0.3, -0.25) is 0 Å². The van der Waals surface area contributed by atoms with Crippen LogP contribution in [0.15, 0.2) is 202 Å². The summed E-state index contributed by atoms with van der Waals surface area (Å²) >= 11 is 0. The quantitative estimate of drug-likeness (QED) is 0.181. The van der Waals surface area contributed by atoms with Crippen LogP contribution in [-0.2, 0) is 0 Å². The van der Waals surface area contributed by atoms with Gasteiger partial charge in [-0.1, -0.05) is 152 Å². The van der Waals surface area contributed by atoms with Gasteiger partial charge in [-0.15, -0.1) is 0 Å². The van der Waals surface area contributed by atoms with Crippen molar-refractivity contribution in [3.05, 3.63) is 205 Å². The standard InChI is InChI=1S/C51H33N3O/c1-3-10-32(11-4-1)38-26-27-46-45(30-38)48-43(16-9-17-47(48)55-46)39-23-21-37-29-40(25-22-36(37)28-39)50-52-49(35-13-5-2-6-14-35)53-51(54-50)41-24-20-34-19-18-33-12-7-8-15-42(33)44(34)31-41/h1-31,50H,(H,52,53,54). The molecule has 1 N–H and O–H groups in total. The summed E-state index contributed by atoms with van der Waals surface area (Å²) in [6, 6.07) is 66.5. The molecule has 10 aromatic rings. The zero-order valence-electron chi connectivity index (χ0n) is 29.8. The molecule has 4 heteroatoms. The van der Waals surface area contributed by atoms with Crippen LogP contribution in [0, 0.1) is 0 Å². The molecule has 0 saturated carbocycles. The van der Waals surface area contributed by atoms with Gasteiger partial charge in [0.2, 0.25) is 0 Å². The maximum atomic E-state index is 6.37. The molecule has 0 bridgehead atoms. The molecule has 258 valence electrons. The van der Waals surface area contributed by atoms with E-state index in [1.807, 2.05) is 18.2 Å². The summed E-state index contributed by atoms with van der Waals surface area (Å²) < 4.78 is 6.37. The average molecular weight is 704 g/mol. The Kier molecular flexibility index (Phi) is 7.20. The van der Waals surface area contributed by atoms with E-state index in [4.69, 9.17) is 14.4 Å². The molecule has 0 amide bonds. The van der Waals surface area contributed by atoms with E-state index in [9.17, 15) is 0 Å². The molecule has 11 rings (SSSR count). The molecule has 0 spiro atoms. The van der Waals surface area contributed by atoms with Crippen LogP contribution in [0.1, 0.15) is 22.9 Å². The minimum Gasteiger partial charge on any atom is -0.456 e. The smallest absolute Gasteiger partial charge is 0.159 e. The van der Waals surface area contributed by atoms with Crippen molar-refractivity contribution in [1.82, 2.24) is 5.32 Å². The van der Waals surface area contributed by atoms with Crippen molar-refractivity contribution in [2.24, 2.45) is 9.98 Å². The van der Waals surface area contributed by atoms with Gasteiger partial charge in [0.05, 0.1) is 0 Å². The van der Waals surface area contributed by atoms with Crippen LogP contribution in [0.25, 0.3) is 76.5 Å². The molecule has 0 fully saturated rings. The first kappa shape index (κ1) is 31.2. The third-order valence-electron chi connectivity index (χ3n) is 10.9. The third kappa shape index (κ3) is 5.46. The van der Waals surface area contributed by atoms with Crippen molar-refractivity contribution < 1.29 is 4.42 Å². The number of fused-ring (bicyclic) bond motifs is 7. The van der Waals surface area contributed by atoms with E-state index in [2.05, 4.69) is 175 Å². The van der Waals surface area contributed by atoms with E-state index in [-0.39, 0.29) is 6.17 Å². The number of aliphatic imine (C=N–C) groups is 2. The third-order valence-corrected chi connectivity index (χ3v) is 10.9. The predicted molar refractivity (Wildman–Crippen MR) is 229 cm³/mol. The van der Waals surface area contributed by atoms with Crippen LogP contribution in [0.3, 0.4) is 0 Å². The van der Waals surface area contributed by atoms with Gasteiger partial charge in [0.25, 0.3) is 0 Å². The molecule has 4 nitrogen and oxygen atoms in total. The number of nitrogens with zero attached hydrogens (tertiary/aromatic N) is 2. The van der Waals surface area contributed by atoms with E-state index >= 15 is 0 Å². The van der Waals surface area contributed by atoms with Crippen molar-refractivity contribution >= 4 is 65.9 Å². The number of nitrogens with one attached hydrogen (secondary N) is 1. The van der Waals surface area contributed by atoms with Gasteiger partial charge in [-0.25, -0.2) is 9.98 Å². The van der Waals surface area contributed by atoms with Crippen LogP contribution < -0.4 is 5.32 Å². The predicted octanol–water partition coefficient (Wildman–Crippen LogP) is 12.9. The van der Waals surface area contributed by atoms with E-state index in [1.54, 1.807) is 0 Å². The van der Waals surface area contributed by atoms with Crippen molar-refractivity contribution in [2.45, 2.75) is 6.17 Å². The highest BCUT2D eigenvalue weighted by atomic mass is 16.3. The minimum absolute atomic E-state index is 0.320. The highest BCUT2D eigenvalue weighted by Crippen LogP contribution is 2.39. The first-order chi connectivity index (χ1) is 27.2. The molecular weight excluding hydrogens is 671 g/mol. The highest BCUT2D eigenvalue weighted by Gasteiger charge is 2.22. The fourth-order valence-corrected chi connectivity index (χ4v) is 8.11. The Hall–Kier alpha value is -7.30. The van der Waals surface area contributed by atoms with Crippen molar-refractivity contribution in [3.63, 3.8) is 0 Å². The van der Waals surface area contributed by atoms with E-state index < -0.39 is 0 Å². The molecule has 2 heterocycles. The summed E-state index contributed by atoms with van der Waals surface area (Å²) in [5, 5.41) is 13.1. The summed E-state index contributed by atoms with van der Waals surface area (Å²) in [6.45, 7) is 0. The van der Waals surface area contributed by atoms with Crippen LogP contribution in [0.4, 0.5) is 0 Å². The zero-order chi connectivity index (χ0) is 36.3. The number of hydrogen-bond donors (Lipinski definition) is 1. The normalized spacial score (nSPS) is 14.4. The van der Waals surface area contributed by atoms with E-state index in [0.29, 0.717) is 5.84 Å². The molecule has 1 atom stereocenters. The van der Waals surface area contributed by atoms with Gasteiger partial charge in [0, 0.05) is 21.9 Å². The summed E-state index contributed by atoms with van der Waals surface area (Å²) in [4.78, 5) is 10.3. The van der Waals surface area contributed by atoms with Crippen molar-refractivity contribution in [3.8, 4) is 22.3 Å². The molecule has 1 aliphatic rings. The molecule has 1 unspecified atom stereocenters. The molecule has 9 aromatic carbocycles. The number of benzene rings is 9. The molecule has 0 radical (unpaired) electrons. The van der Waals surface area contributed by atoms with Gasteiger partial charge in [0.15, 0.2) is 5.84 Å². The summed E-state index contributed by atoms with van der Waals surface area (Å²) in [6.07, 6.45) is -0.320. The lowest BCUT2D eigenvalue weighted by molar-refractivity contribution is 0.669. The second-order valence-corrected chi connectivity index (χ2v) is 14.2. The fraction of sp³-hybridized carbons (Fsp3) is 0.0196. The van der Waals surface area contributed by atoms with Gasteiger partial charge < -0.3 is 9.73 Å². The zero-order valence-corrected chi connectivity index (χ0v) is 29.8. The Morgan fingerprint density at radius 1 is 0.418 bits per heavy atom. The molecule has 1 aliphatic heterocycles. The Labute approximate surface area is 317 Å². The second-order valence-electron chi connectivity index (χ2n) is 14.2. The number of rotatable bonds is 5. The van der Waals surface area contributed by atoms with Gasteiger partial charge in [-0.2, -0.15) is 0 Å². The molecule has 1 aromatic heterocycles. The minimum atomic E-state index is -0.320. The maximum absolute atomic E-state index is 6.37. The maximum Gasteiger partial charge on any atom is 0.159 e. The van der Waals surface area contributed by atoms with Gasteiger partial charge in [-0.05, 0) is 96.5 Å². The van der Waals surface area contributed by atoms with Crippen LogP contribution in [0.5, 0.6) is 0 Å². The van der Waals surface area contributed by atoms with E-state index in [1.165, 1.54) is 32.7 Å². The molecular formula is C51H33N3O. The van der Waals surface area contributed by atoms with Gasteiger partial charge >= 0.3 is 0 Å². The fourth-order valence-electron chi connectivity index (χ4n) is 8.11. The largest absolute Gasteiger partial charge is 0.456 e. The first-order valence-electron chi connectivity index (χ1n) is 18.7. The van der Waals surface area contributed by atoms with Crippen LogP contribution in [0.2, 0.25) is 0 Å². The lowest BCUT2D eigenvalue weighted by Gasteiger charge is -2.24. The van der Waals surface area contributed by atoms with Gasteiger partial charge in [0.1, 0.15) is 23.2 Å². The number of amidine groups is 2. The topological polar surface area (TPSA) is 49.9 Å².